The van der Waals surface area contributed by atoms with E-state index in [-0.39, 0.29) is 5.91 Å². The number of benzene rings is 3. The van der Waals surface area contributed by atoms with Gasteiger partial charge in [0.05, 0.1) is 13.3 Å². The highest BCUT2D eigenvalue weighted by atomic mass is 16.6. The molecule has 0 bridgehead atoms. The summed E-state index contributed by atoms with van der Waals surface area (Å²) in [7, 11) is 1.47. The van der Waals surface area contributed by atoms with Crippen LogP contribution in [-0.4, -0.2) is 25.2 Å². The first-order valence-electron chi connectivity index (χ1n) is 9.52. The average molecular weight is 418 g/mol. The van der Waals surface area contributed by atoms with Crippen LogP contribution in [0.1, 0.15) is 28.4 Å². The van der Waals surface area contributed by atoms with Crippen LogP contribution < -0.4 is 19.6 Å². The van der Waals surface area contributed by atoms with Gasteiger partial charge in [-0.2, -0.15) is 5.10 Å². The predicted molar refractivity (Wildman–Crippen MR) is 117 cm³/mol. The largest absolute Gasteiger partial charge is 0.493 e. The van der Waals surface area contributed by atoms with Crippen molar-refractivity contribution in [2.75, 3.05) is 7.11 Å². The van der Waals surface area contributed by atoms with E-state index >= 15 is 0 Å². The van der Waals surface area contributed by atoms with Gasteiger partial charge in [-0.05, 0) is 53.6 Å². The molecule has 0 aliphatic heterocycles. The molecule has 3 rings (SSSR count). The number of amides is 1. The molecule has 0 fully saturated rings. The number of rotatable bonds is 8. The molecule has 158 valence electrons. The van der Waals surface area contributed by atoms with Crippen LogP contribution in [0.5, 0.6) is 17.2 Å². The Morgan fingerprint density at radius 3 is 2.39 bits per heavy atom. The number of nitrogens with one attached hydrogen (secondary N) is 1. The summed E-state index contributed by atoms with van der Waals surface area (Å²) in [6, 6.07) is 21.6. The summed E-state index contributed by atoms with van der Waals surface area (Å²) < 4.78 is 16.0. The lowest BCUT2D eigenvalue weighted by atomic mass is 10.2. The number of carbonyl (C=O) groups excluding carboxylic acids is 2. The number of hydrogen-bond donors (Lipinski definition) is 1. The van der Waals surface area contributed by atoms with E-state index in [1.54, 1.807) is 42.5 Å². The van der Waals surface area contributed by atoms with Crippen molar-refractivity contribution in [3.8, 4) is 17.2 Å². The van der Waals surface area contributed by atoms with Crippen LogP contribution in [0.2, 0.25) is 0 Å². The molecule has 7 nitrogen and oxygen atoms in total. The van der Waals surface area contributed by atoms with E-state index in [9.17, 15) is 9.59 Å². The van der Waals surface area contributed by atoms with Crippen molar-refractivity contribution in [2.24, 2.45) is 5.10 Å². The molecule has 3 aromatic carbocycles. The first kappa shape index (κ1) is 21.6. The maximum atomic E-state index is 12.3. The number of methoxy groups -OCH3 is 1. The molecule has 31 heavy (non-hydrogen) atoms. The van der Waals surface area contributed by atoms with Crippen molar-refractivity contribution in [3.05, 3.63) is 89.5 Å². The number of ether oxygens (including phenoxy) is 3. The fourth-order valence-electron chi connectivity index (χ4n) is 2.68. The van der Waals surface area contributed by atoms with E-state index in [1.807, 2.05) is 30.3 Å². The normalized spacial score (nSPS) is 10.5. The van der Waals surface area contributed by atoms with E-state index in [0.29, 0.717) is 35.0 Å². The van der Waals surface area contributed by atoms with E-state index < -0.39 is 5.97 Å². The Bertz CT molecular complexity index is 1060. The Morgan fingerprint density at radius 2 is 1.71 bits per heavy atom. The number of carbonyl (C=O) groups is 2. The Balaban J connectivity index is 1.55. The van der Waals surface area contributed by atoms with Gasteiger partial charge in [0, 0.05) is 12.5 Å². The van der Waals surface area contributed by atoms with Gasteiger partial charge < -0.3 is 14.2 Å². The van der Waals surface area contributed by atoms with Crippen LogP contribution in [0.25, 0.3) is 0 Å². The second-order valence-corrected chi connectivity index (χ2v) is 6.50. The average Bonchev–Trinajstić information content (AvgIpc) is 2.79. The smallest absolute Gasteiger partial charge is 0.308 e. The standard InChI is InChI=1S/C24H22N2O5/c1-17(27)31-22-13-8-19(14-23(22)29-2)15-25-26-24(28)20-9-11-21(12-10-20)30-16-18-6-4-3-5-7-18/h3-15H,16H2,1-2H3,(H,26,28)/b25-15+. The lowest BCUT2D eigenvalue weighted by molar-refractivity contribution is -0.132. The highest BCUT2D eigenvalue weighted by molar-refractivity contribution is 5.95. The van der Waals surface area contributed by atoms with Gasteiger partial charge >= 0.3 is 5.97 Å². The zero-order valence-electron chi connectivity index (χ0n) is 17.2. The van der Waals surface area contributed by atoms with Crippen molar-refractivity contribution in [3.63, 3.8) is 0 Å². The van der Waals surface area contributed by atoms with Crippen LogP contribution >= 0.6 is 0 Å². The van der Waals surface area contributed by atoms with E-state index in [1.165, 1.54) is 20.2 Å². The van der Waals surface area contributed by atoms with Crippen molar-refractivity contribution < 1.29 is 23.8 Å². The molecule has 0 aliphatic carbocycles. The molecule has 0 aromatic heterocycles. The van der Waals surface area contributed by atoms with Gasteiger partial charge in [-0.25, -0.2) is 5.43 Å². The molecule has 0 spiro atoms. The summed E-state index contributed by atoms with van der Waals surface area (Å²) in [4.78, 5) is 23.4. The molecule has 0 heterocycles. The van der Waals surface area contributed by atoms with Gasteiger partial charge in [-0.1, -0.05) is 30.3 Å². The van der Waals surface area contributed by atoms with Gasteiger partial charge in [0.1, 0.15) is 12.4 Å². The summed E-state index contributed by atoms with van der Waals surface area (Å²) in [6.07, 6.45) is 1.47. The van der Waals surface area contributed by atoms with Crippen LogP contribution in [0, 0.1) is 0 Å². The Hall–Kier alpha value is -4.13. The number of esters is 1. The molecule has 0 saturated carbocycles. The molecule has 0 radical (unpaired) electrons. The minimum absolute atomic E-state index is 0.311. The molecule has 1 amide bonds. The molecule has 0 atom stereocenters. The summed E-state index contributed by atoms with van der Waals surface area (Å²) in [5, 5.41) is 3.96. The van der Waals surface area contributed by atoms with Crippen LogP contribution in [0.15, 0.2) is 77.9 Å². The molecule has 3 aromatic rings. The Labute approximate surface area is 180 Å². The van der Waals surface area contributed by atoms with Gasteiger partial charge in [-0.15, -0.1) is 0 Å². The van der Waals surface area contributed by atoms with Gasteiger partial charge in [-0.3, -0.25) is 9.59 Å². The lowest BCUT2D eigenvalue weighted by Crippen LogP contribution is -2.17. The third-order valence-electron chi connectivity index (χ3n) is 4.19. The van der Waals surface area contributed by atoms with Crippen molar-refractivity contribution in [2.45, 2.75) is 13.5 Å². The third-order valence-corrected chi connectivity index (χ3v) is 4.19. The Morgan fingerprint density at radius 1 is 0.968 bits per heavy atom. The predicted octanol–water partition coefficient (Wildman–Crippen LogP) is 3.96. The highest BCUT2D eigenvalue weighted by Gasteiger charge is 2.08. The van der Waals surface area contributed by atoms with Crippen LogP contribution in [-0.2, 0) is 11.4 Å². The van der Waals surface area contributed by atoms with E-state index in [0.717, 1.165) is 5.56 Å². The first-order chi connectivity index (χ1) is 15.0. The second-order valence-electron chi connectivity index (χ2n) is 6.50. The van der Waals surface area contributed by atoms with Crippen molar-refractivity contribution in [1.82, 2.24) is 5.43 Å². The summed E-state index contributed by atoms with van der Waals surface area (Å²) in [5.74, 6) is 0.573. The zero-order chi connectivity index (χ0) is 22.1. The third kappa shape index (κ3) is 6.43. The minimum atomic E-state index is -0.441. The second kappa shape index (κ2) is 10.6. The summed E-state index contributed by atoms with van der Waals surface area (Å²) >= 11 is 0. The van der Waals surface area contributed by atoms with Crippen molar-refractivity contribution in [1.29, 1.82) is 0 Å². The van der Waals surface area contributed by atoms with E-state index in [4.69, 9.17) is 14.2 Å². The summed E-state index contributed by atoms with van der Waals surface area (Å²) in [6.45, 7) is 1.77. The number of hydrogen-bond acceptors (Lipinski definition) is 6. The lowest BCUT2D eigenvalue weighted by Gasteiger charge is -2.08. The number of nitrogens with zero attached hydrogens (tertiary/aromatic N) is 1. The molecule has 1 N–H and O–H groups in total. The monoisotopic (exact) mass is 418 g/mol. The fourth-order valence-corrected chi connectivity index (χ4v) is 2.68. The van der Waals surface area contributed by atoms with Crippen molar-refractivity contribution >= 4 is 18.1 Å². The van der Waals surface area contributed by atoms with Gasteiger partial charge in [0.2, 0.25) is 0 Å². The molecule has 0 saturated heterocycles. The van der Waals surface area contributed by atoms with Crippen LogP contribution in [0.3, 0.4) is 0 Å². The molecule has 0 unspecified atom stereocenters. The van der Waals surface area contributed by atoms with Gasteiger partial charge in [0.25, 0.3) is 5.91 Å². The zero-order valence-corrected chi connectivity index (χ0v) is 17.2. The molecule has 7 heteroatoms. The Kier molecular flexibility index (Phi) is 7.37. The van der Waals surface area contributed by atoms with Gasteiger partial charge in [0.15, 0.2) is 11.5 Å². The SMILES string of the molecule is COc1cc(/C=N/NC(=O)c2ccc(OCc3ccccc3)cc2)ccc1OC(C)=O. The minimum Gasteiger partial charge on any atom is -0.493 e. The highest BCUT2D eigenvalue weighted by Crippen LogP contribution is 2.27. The quantitative estimate of drug-likeness (QED) is 0.259. The molecule has 0 aliphatic rings. The van der Waals surface area contributed by atoms with Crippen LogP contribution in [0.4, 0.5) is 0 Å². The molecular weight excluding hydrogens is 396 g/mol. The molecular formula is C24H22N2O5. The topological polar surface area (TPSA) is 86.2 Å². The first-order valence-corrected chi connectivity index (χ1v) is 9.52. The number of hydrazone groups is 1. The summed E-state index contributed by atoms with van der Waals surface area (Å²) in [5.41, 5.74) is 4.65. The maximum Gasteiger partial charge on any atom is 0.308 e. The van der Waals surface area contributed by atoms with E-state index in [2.05, 4.69) is 10.5 Å². The fraction of sp³-hybridized carbons (Fsp3) is 0.125. The maximum absolute atomic E-state index is 12.3.